The molecular formula is C15H17N3O. The van der Waals surface area contributed by atoms with Gasteiger partial charge in [-0.15, -0.1) is 0 Å². The molecule has 2 aromatic rings. The highest BCUT2D eigenvalue weighted by Gasteiger charge is 2.13. The fourth-order valence-corrected chi connectivity index (χ4v) is 1.93. The first-order chi connectivity index (χ1) is 9.17. The molecule has 0 atom stereocenters. The number of nitrogens with two attached hydrogens (primary N) is 1. The average molecular weight is 255 g/mol. The van der Waals surface area contributed by atoms with Crippen LogP contribution in [0.15, 0.2) is 29.0 Å². The lowest BCUT2D eigenvalue weighted by molar-refractivity contribution is 0.415. The SMILES string of the molecule is C/C=C\c1cc(-c2conc2C)c(N)nc1/C=C\C. The molecule has 0 spiro atoms. The lowest BCUT2D eigenvalue weighted by atomic mass is 10.0. The second-order valence-electron chi connectivity index (χ2n) is 4.21. The number of hydrogen-bond acceptors (Lipinski definition) is 4. The number of hydrogen-bond donors (Lipinski definition) is 1. The van der Waals surface area contributed by atoms with Crippen molar-refractivity contribution in [1.29, 1.82) is 0 Å². The van der Waals surface area contributed by atoms with Crippen LogP contribution in [-0.4, -0.2) is 10.1 Å². The molecule has 0 saturated heterocycles. The minimum absolute atomic E-state index is 0.479. The zero-order valence-corrected chi connectivity index (χ0v) is 11.3. The Morgan fingerprint density at radius 3 is 2.47 bits per heavy atom. The molecule has 0 fully saturated rings. The van der Waals surface area contributed by atoms with Crippen LogP contribution in [0.2, 0.25) is 0 Å². The first kappa shape index (κ1) is 13.1. The van der Waals surface area contributed by atoms with Gasteiger partial charge in [-0.05, 0) is 32.9 Å². The summed E-state index contributed by atoms with van der Waals surface area (Å²) in [5, 5.41) is 3.88. The molecule has 2 heterocycles. The summed E-state index contributed by atoms with van der Waals surface area (Å²) in [5.41, 5.74) is 10.4. The van der Waals surface area contributed by atoms with Crippen LogP contribution < -0.4 is 5.73 Å². The molecule has 0 aliphatic carbocycles. The topological polar surface area (TPSA) is 64.9 Å². The van der Waals surface area contributed by atoms with Gasteiger partial charge in [0.1, 0.15) is 12.1 Å². The Morgan fingerprint density at radius 2 is 1.89 bits per heavy atom. The summed E-state index contributed by atoms with van der Waals surface area (Å²) < 4.78 is 4.97. The lowest BCUT2D eigenvalue weighted by Gasteiger charge is -2.08. The van der Waals surface area contributed by atoms with Crippen LogP contribution in [0.25, 0.3) is 23.3 Å². The molecule has 0 aromatic carbocycles. The fraction of sp³-hybridized carbons (Fsp3) is 0.200. The van der Waals surface area contributed by atoms with Crippen LogP contribution in [0.5, 0.6) is 0 Å². The minimum Gasteiger partial charge on any atom is -0.383 e. The molecule has 0 radical (unpaired) electrons. The number of pyridine rings is 1. The van der Waals surface area contributed by atoms with Crippen molar-refractivity contribution in [2.75, 3.05) is 5.73 Å². The van der Waals surface area contributed by atoms with Gasteiger partial charge in [-0.1, -0.05) is 23.4 Å². The zero-order chi connectivity index (χ0) is 13.8. The Bertz CT molecular complexity index is 639. The van der Waals surface area contributed by atoms with Crippen molar-refractivity contribution < 1.29 is 4.52 Å². The van der Waals surface area contributed by atoms with Crippen LogP contribution in [-0.2, 0) is 0 Å². The van der Waals surface area contributed by atoms with E-state index in [2.05, 4.69) is 10.1 Å². The smallest absolute Gasteiger partial charge is 0.132 e. The molecule has 0 aliphatic heterocycles. The highest BCUT2D eigenvalue weighted by molar-refractivity contribution is 5.79. The number of nitrogens with zero attached hydrogens (tertiary/aromatic N) is 2. The third-order valence-corrected chi connectivity index (χ3v) is 2.82. The number of anilines is 1. The van der Waals surface area contributed by atoms with Gasteiger partial charge in [0.2, 0.25) is 0 Å². The van der Waals surface area contributed by atoms with Crippen molar-refractivity contribution in [3.63, 3.8) is 0 Å². The molecule has 2 N–H and O–H groups in total. The Labute approximate surface area is 112 Å². The first-order valence-electron chi connectivity index (χ1n) is 6.14. The highest BCUT2D eigenvalue weighted by atomic mass is 16.5. The van der Waals surface area contributed by atoms with Crippen molar-refractivity contribution in [2.24, 2.45) is 0 Å². The molecule has 0 aliphatic rings. The largest absolute Gasteiger partial charge is 0.383 e. The Kier molecular flexibility index (Phi) is 3.80. The fourth-order valence-electron chi connectivity index (χ4n) is 1.93. The van der Waals surface area contributed by atoms with E-state index in [9.17, 15) is 0 Å². The Hall–Kier alpha value is -2.36. The third-order valence-electron chi connectivity index (χ3n) is 2.82. The van der Waals surface area contributed by atoms with E-state index in [0.29, 0.717) is 5.82 Å². The van der Waals surface area contributed by atoms with Crippen LogP contribution >= 0.6 is 0 Å². The summed E-state index contributed by atoms with van der Waals surface area (Å²) in [7, 11) is 0. The van der Waals surface area contributed by atoms with E-state index in [4.69, 9.17) is 10.3 Å². The molecule has 0 unspecified atom stereocenters. The van der Waals surface area contributed by atoms with E-state index >= 15 is 0 Å². The van der Waals surface area contributed by atoms with E-state index in [1.165, 1.54) is 0 Å². The van der Waals surface area contributed by atoms with E-state index < -0.39 is 0 Å². The first-order valence-corrected chi connectivity index (χ1v) is 6.14. The van der Waals surface area contributed by atoms with E-state index in [1.807, 2.05) is 51.1 Å². The summed E-state index contributed by atoms with van der Waals surface area (Å²) in [6, 6.07) is 2.01. The van der Waals surface area contributed by atoms with Gasteiger partial charge in [0.15, 0.2) is 0 Å². The molecule has 4 heteroatoms. The van der Waals surface area contributed by atoms with Gasteiger partial charge in [0.25, 0.3) is 0 Å². The summed E-state index contributed by atoms with van der Waals surface area (Å²) in [5.74, 6) is 0.479. The summed E-state index contributed by atoms with van der Waals surface area (Å²) in [6.45, 7) is 5.81. The van der Waals surface area contributed by atoms with Gasteiger partial charge in [-0.2, -0.15) is 0 Å². The zero-order valence-electron chi connectivity index (χ0n) is 11.3. The van der Waals surface area contributed by atoms with E-state index in [0.717, 1.165) is 28.1 Å². The standard InChI is InChI=1S/C15H17N3O/c1-4-6-11-8-12(13-9-19-18-10(13)3)15(16)17-14(11)7-5-2/h4-9H,1-3H3,(H2,16,17)/b6-4-,7-5-. The molecule has 98 valence electrons. The van der Waals surface area contributed by atoms with Crippen molar-refractivity contribution in [3.05, 3.63) is 41.4 Å². The van der Waals surface area contributed by atoms with Crippen LogP contribution in [0.3, 0.4) is 0 Å². The van der Waals surface area contributed by atoms with E-state index in [1.54, 1.807) is 6.26 Å². The normalized spacial score (nSPS) is 11.7. The monoisotopic (exact) mass is 255 g/mol. The molecule has 2 rings (SSSR count). The number of nitrogen functional groups attached to an aromatic ring is 1. The Morgan fingerprint density at radius 1 is 1.16 bits per heavy atom. The van der Waals surface area contributed by atoms with Gasteiger partial charge in [0.05, 0.1) is 11.4 Å². The van der Waals surface area contributed by atoms with Crippen molar-refractivity contribution in [3.8, 4) is 11.1 Å². The second kappa shape index (κ2) is 5.52. The molecule has 0 amide bonds. The molecule has 4 nitrogen and oxygen atoms in total. The second-order valence-corrected chi connectivity index (χ2v) is 4.21. The van der Waals surface area contributed by atoms with Gasteiger partial charge in [0, 0.05) is 16.7 Å². The minimum atomic E-state index is 0.479. The molecular weight excluding hydrogens is 238 g/mol. The van der Waals surface area contributed by atoms with Crippen molar-refractivity contribution in [1.82, 2.24) is 10.1 Å². The average Bonchev–Trinajstić information content (AvgIpc) is 2.79. The van der Waals surface area contributed by atoms with Crippen molar-refractivity contribution >= 4 is 18.0 Å². The van der Waals surface area contributed by atoms with Gasteiger partial charge in [-0.25, -0.2) is 4.98 Å². The number of rotatable bonds is 3. The van der Waals surface area contributed by atoms with Crippen LogP contribution in [0.4, 0.5) is 5.82 Å². The predicted octanol–water partition coefficient (Wildman–Crippen LogP) is 3.69. The highest BCUT2D eigenvalue weighted by Crippen LogP contribution is 2.30. The molecule has 2 aromatic heterocycles. The molecule has 0 bridgehead atoms. The lowest BCUT2D eigenvalue weighted by Crippen LogP contribution is -1.99. The molecule has 0 saturated carbocycles. The maximum absolute atomic E-state index is 6.04. The summed E-state index contributed by atoms with van der Waals surface area (Å²) >= 11 is 0. The van der Waals surface area contributed by atoms with Crippen molar-refractivity contribution in [2.45, 2.75) is 20.8 Å². The Balaban J connectivity index is 2.64. The molecule has 19 heavy (non-hydrogen) atoms. The number of aromatic nitrogens is 2. The summed E-state index contributed by atoms with van der Waals surface area (Å²) in [6.07, 6.45) is 9.46. The van der Waals surface area contributed by atoms with Crippen LogP contribution in [0, 0.1) is 6.92 Å². The predicted molar refractivity (Wildman–Crippen MR) is 78.3 cm³/mol. The number of allylic oxidation sites excluding steroid dienone is 2. The quantitative estimate of drug-likeness (QED) is 0.908. The number of aryl methyl sites for hydroxylation is 1. The van der Waals surface area contributed by atoms with Crippen LogP contribution in [0.1, 0.15) is 30.8 Å². The maximum atomic E-state index is 6.04. The third kappa shape index (κ3) is 2.57. The summed E-state index contributed by atoms with van der Waals surface area (Å²) in [4.78, 5) is 4.45. The maximum Gasteiger partial charge on any atom is 0.132 e. The van der Waals surface area contributed by atoms with Gasteiger partial charge in [-0.3, -0.25) is 0 Å². The van der Waals surface area contributed by atoms with E-state index in [-0.39, 0.29) is 0 Å². The van der Waals surface area contributed by atoms with Gasteiger partial charge >= 0.3 is 0 Å². The van der Waals surface area contributed by atoms with Gasteiger partial charge < -0.3 is 10.3 Å².